The molecule has 0 aliphatic carbocycles. The fourth-order valence-corrected chi connectivity index (χ4v) is 0.684. The fraction of sp³-hybridized carbons (Fsp3) is 0. The Labute approximate surface area is 121 Å². The van der Waals surface area contributed by atoms with Gasteiger partial charge in [0.15, 0.2) is 0 Å². The van der Waals surface area contributed by atoms with Crippen molar-refractivity contribution in [3.05, 3.63) is 72.8 Å². The van der Waals surface area contributed by atoms with Crippen LogP contribution < -0.4 is 0 Å². The number of hydrogen-bond donors (Lipinski definition) is 0. The first-order valence-electron chi connectivity index (χ1n) is 3.82. The third-order valence-corrected chi connectivity index (χ3v) is 1.21. The van der Waals surface area contributed by atoms with Crippen LogP contribution in [0.1, 0.15) is 0 Å². The zero-order valence-electron chi connectivity index (χ0n) is 7.93. The molecular formula is C12H10BPr-2. The Balaban J connectivity index is 0. The molecule has 14 heavy (non-hydrogen) atoms. The zero-order valence-corrected chi connectivity index (χ0v) is 11.6. The molecule has 0 spiro atoms. The maximum Gasteiger partial charge on any atom is 0 e. The van der Waals surface area contributed by atoms with Gasteiger partial charge in [-0.1, -0.05) is 0 Å². The second kappa shape index (κ2) is 12.9. The minimum absolute atomic E-state index is 0. The Kier molecular flexibility index (Phi) is 15.0. The average molecular weight is 306 g/mol. The molecule has 0 amide bonds. The van der Waals surface area contributed by atoms with Crippen molar-refractivity contribution in [3.8, 4) is 0 Å². The van der Waals surface area contributed by atoms with Crippen LogP contribution in [0, 0.1) is 53.4 Å². The molecule has 0 heterocycles. The van der Waals surface area contributed by atoms with Crippen LogP contribution in [0.3, 0.4) is 0 Å². The smallest absolute Gasteiger partial charge is 0 e. The van der Waals surface area contributed by atoms with Crippen LogP contribution in [0.2, 0.25) is 0 Å². The van der Waals surface area contributed by atoms with Crippen molar-refractivity contribution < 1.29 is 41.3 Å². The zero-order chi connectivity index (χ0) is 8.49. The van der Waals surface area contributed by atoms with Crippen LogP contribution in [-0.2, 0) is 0 Å². The third kappa shape index (κ3) is 9.95. The van der Waals surface area contributed by atoms with Crippen molar-refractivity contribution in [1.82, 2.24) is 0 Å². The van der Waals surface area contributed by atoms with Gasteiger partial charge in [-0.25, -0.2) is 0 Å². The van der Waals surface area contributed by atoms with Gasteiger partial charge in [0.25, 0.3) is 0 Å². The Morgan fingerprint density at radius 3 is 0.857 bits per heavy atom. The van der Waals surface area contributed by atoms with Crippen LogP contribution in [-0.4, -0.2) is 8.41 Å². The summed E-state index contributed by atoms with van der Waals surface area (Å²) in [6.45, 7) is 0. The van der Waals surface area contributed by atoms with Gasteiger partial charge in [-0.3, -0.25) is 0 Å². The van der Waals surface area contributed by atoms with E-state index in [1.807, 2.05) is 60.7 Å². The molecule has 0 unspecified atom stereocenters. The van der Waals surface area contributed by atoms with E-state index in [1.165, 1.54) is 0 Å². The summed E-state index contributed by atoms with van der Waals surface area (Å²) in [5.41, 5.74) is 0. The van der Waals surface area contributed by atoms with Crippen molar-refractivity contribution in [2.45, 2.75) is 0 Å². The van der Waals surface area contributed by atoms with E-state index in [-0.39, 0.29) is 49.7 Å². The van der Waals surface area contributed by atoms with E-state index in [4.69, 9.17) is 0 Å². The summed E-state index contributed by atoms with van der Waals surface area (Å²) in [5, 5.41) is 0. The molecule has 0 aromatic heterocycles. The van der Waals surface area contributed by atoms with E-state index in [0.717, 1.165) is 0 Å². The molecule has 0 bridgehead atoms. The molecule has 0 N–H and O–H groups in total. The normalized spacial score (nSPS) is 6.86. The average Bonchev–Trinajstić information content (AvgIpc) is 2.24. The molecule has 0 atom stereocenters. The molecule has 66 valence electrons. The topological polar surface area (TPSA) is 0 Å². The Morgan fingerprint density at radius 1 is 0.500 bits per heavy atom. The second-order valence-corrected chi connectivity index (χ2v) is 2.15. The molecule has 0 nitrogen and oxygen atoms in total. The summed E-state index contributed by atoms with van der Waals surface area (Å²) >= 11 is 0. The number of rotatable bonds is 0. The van der Waals surface area contributed by atoms with Crippen LogP contribution in [0.25, 0.3) is 0 Å². The van der Waals surface area contributed by atoms with E-state index >= 15 is 0 Å². The Bertz CT molecular complexity index is 186. The van der Waals surface area contributed by atoms with Crippen molar-refractivity contribution >= 4 is 8.41 Å². The minimum Gasteiger partial charge on any atom is -0.184 e. The molecule has 2 heteroatoms. The van der Waals surface area contributed by atoms with Crippen molar-refractivity contribution in [1.29, 1.82) is 0 Å². The van der Waals surface area contributed by atoms with Gasteiger partial charge in [0.1, 0.15) is 0 Å². The number of hydrogen-bond acceptors (Lipinski definition) is 0. The van der Waals surface area contributed by atoms with Gasteiger partial charge >= 0.3 is 0 Å². The van der Waals surface area contributed by atoms with Gasteiger partial charge in [-0.05, 0) is 0 Å². The van der Waals surface area contributed by atoms with E-state index < -0.39 is 0 Å². The molecule has 0 saturated carbocycles. The van der Waals surface area contributed by atoms with Crippen LogP contribution in [0.4, 0.5) is 0 Å². The first-order chi connectivity index (χ1) is 6.00. The molecule has 0 saturated heterocycles. The standard InChI is InChI=1S/2C6H5.B.Pr/c2*1-2-4-6-5-3-1;;/h2*1-5H;;/q2*-1;;. The summed E-state index contributed by atoms with van der Waals surface area (Å²) in [5.74, 6) is 0. The van der Waals surface area contributed by atoms with E-state index in [9.17, 15) is 0 Å². The van der Waals surface area contributed by atoms with Gasteiger partial charge in [-0.2, -0.15) is 72.8 Å². The summed E-state index contributed by atoms with van der Waals surface area (Å²) in [6.07, 6.45) is 0. The Morgan fingerprint density at radius 2 is 0.786 bits per heavy atom. The molecule has 0 fully saturated rings. The largest absolute Gasteiger partial charge is 0.184 e. The van der Waals surface area contributed by atoms with Gasteiger partial charge < -0.3 is 0 Å². The molecule has 2 aromatic carbocycles. The third-order valence-electron chi connectivity index (χ3n) is 1.21. The molecule has 0 aliphatic rings. The minimum atomic E-state index is 0. The SMILES string of the molecule is [B].[Pr].[c-]1ccccc1.[c-]1ccccc1. The summed E-state index contributed by atoms with van der Waals surface area (Å²) < 4.78 is 0. The maximum atomic E-state index is 2.89. The molecular weight excluding hydrogens is 296 g/mol. The van der Waals surface area contributed by atoms with Gasteiger partial charge in [0, 0.05) is 49.7 Å². The fourth-order valence-electron chi connectivity index (χ4n) is 0.684. The van der Waals surface area contributed by atoms with Crippen LogP contribution >= 0.6 is 0 Å². The number of benzene rings is 2. The summed E-state index contributed by atoms with van der Waals surface area (Å²) in [6, 6.07) is 25.0. The molecule has 2 aromatic rings. The predicted octanol–water partition coefficient (Wildman–Crippen LogP) is 2.59. The van der Waals surface area contributed by atoms with Gasteiger partial charge in [0.2, 0.25) is 0 Å². The van der Waals surface area contributed by atoms with Crippen molar-refractivity contribution in [3.63, 3.8) is 0 Å². The first-order valence-corrected chi connectivity index (χ1v) is 3.82. The van der Waals surface area contributed by atoms with E-state index in [2.05, 4.69) is 12.1 Å². The Hall–Kier alpha value is -0.131. The second-order valence-electron chi connectivity index (χ2n) is 2.15. The van der Waals surface area contributed by atoms with Gasteiger partial charge in [0.05, 0.1) is 0 Å². The summed E-state index contributed by atoms with van der Waals surface area (Å²) in [7, 11) is 0. The van der Waals surface area contributed by atoms with Crippen LogP contribution in [0.5, 0.6) is 0 Å². The van der Waals surface area contributed by atoms with Crippen LogP contribution in [0.15, 0.2) is 60.7 Å². The summed E-state index contributed by atoms with van der Waals surface area (Å²) in [4.78, 5) is 0. The molecule has 4 radical (unpaired) electrons. The molecule has 0 aliphatic heterocycles. The van der Waals surface area contributed by atoms with E-state index in [1.54, 1.807) is 0 Å². The predicted molar refractivity (Wildman–Crippen MR) is 56.3 cm³/mol. The quantitative estimate of drug-likeness (QED) is 0.518. The van der Waals surface area contributed by atoms with Crippen molar-refractivity contribution in [2.75, 3.05) is 0 Å². The van der Waals surface area contributed by atoms with Crippen molar-refractivity contribution in [2.24, 2.45) is 0 Å². The molecule has 2 rings (SSSR count). The van der Waals surface area contributed by atoms with Gasteiger partial charge in [-0.15, -0.1) is 0 Å². The maximum absolute atomic E-state index is 2.89. The van der Waals surface area contributed by atoms with E-state index in [0.29, 0.717) is 0 Å². The monoisotopic (exact) mass is 306 g/mol. The first kappa shape index (κ1) is 16.3.